The smallest absolute Gasteiger partial charge is 0.128 e. The van der Waals surface area contributed by atoms with Crippen LogP contribution in [0.2, 0.25) is 0 Å². The first-order valence-electron chi connectivity index (χ1n) is 4.66. The molecular formula is C10H13N5. The van der Waals surface area contributed by atoms with E-state index in [9.17, 15) is 0 Å². The number of aryl methyl sites for hydroxylation is 1. The van der Waals surface area contributed by atoms with E-state index in [1.54, 1.807) is 18.6 Å². The average molecular weight is 203 g/mol. The van der Waals surface area contributed by atoms with Crippen LogP contribution in [0.4, 0.5) is 5.82 Å². The summed E-state index contributed by atoms with van der Waals surface area (Å²) in [6, 6.07) is 1.53. The molecule has 78 valence electrons. The molecule has 0 aliphatic heterocycles. The Balaban J connectivity index is 2.46. The van der Waals surface area contributed by atoms with Crippen molar-refractivity contribution in [3.8, 4) is 0 Å². The first-order chi connectivity index (χ1) is 7.20. The lowest BCUT2D eigenvalue weighted by Crippen LogP contribution is -2.17. The first kappa shape index (κ1) is 9.67. The van der Waals surface area contributed by atoms with E-state index in [1.807, 2.05) is 13.0 Å². The number of imidazole rings is 1. The zero-order valence-corrected chi connectivity index (χ0v) is 8.44. The van der Waals surface area contributed by atoms with E-state index >= 15 is 0 Å². The second-order valence-corrected chi connectivity index (χ2v) is 3.38. The minimum absolute atomic E-state index is 0.353. The topological polar surface area (TPSA) is 93.6 Å². The van der Waals surface area contributed by atoms with E-state index in [0.29, 0.717) is 11.6 Å². The maximum atomic E-state index is 6.05. The molecule has 0 aromatic carbocycles. The fourth-order valence-electron chi connectivity index (χ4n) is 1.58. The van der Waals surface area contributed by atoms with Crippen LogP contribution in [0.1, 0.15) is 23.0 Å². The number of nitrogens with two attached hydrogens (primary N) is 2. The van der Waals surface area contributed by atoms with Gasteiger partial charge in [0.15, 0.2) is 0 Å². The molecular weight excluding hydrogens is 190 g/mol. The van der Waals surface area contributed by atoms with Gasteiger partial charge in [-0.3, -0.25) is 0 Å². The number of hydrogen-bond donors (Lipinski definition) is 3. The molecule has 2 rings (SSSR count). The molecule has 1 atom stereocenters. The summed E-state index contributed by atoms with van der Waals surface area (Å²) in [4.78, 5) is 11.1. The lowest BCUT2D eigenvalue weighted by Gasteiger charge is -2.13. The molecule has 0 saturated heterocycles. The van der Waals surface area contributed by atoms with Crippen LogP contribution in [-0.4, -0.2) is 15.0 Å². The van der Waals surface area contributed by atoms with Gasteiger partial charge in [-0.1, -0.05) is 0 Å². The van der Waals surface area contributed by atoms with E-state index in [4.69, 9.17) is 11.5 Å². The van der Waals surface area contributed by atoms with Crippen molar-refractivity contribution in [2.24, 2.45) is 5.73 Å². The number of hydrogen-bond acceptors (Lipinski definition) is 4. The van der Waals surface area contributed by atoms with E-state index < -0.39 is 0 Å². The number of anilines is 1. The molecule has 5 nitrogen and oxygen atoms in total. The highest BCUT2D eigenvalue weighted by Crippen LogP contribution is 2.23. The molecule has 5 N–H and O–H groups in total. The standard InChI is InChI=1S/C10H13N5/c1-6-2-3-13-9(12)7(6)8(11)10-14-4-5-15-10/h2-5,8H,11H2,1H3,(H2,12,13)(H,14,15). The molecule has 0 saturated carbocycles. The van der Waals surface area contributed by atoms with Gasteiger partial charge in [0.25, 0.3) is 0 Å². The molecule has 2 aromatic rings. The Labute approximate surface area is 87.5 Å². The molecule has 15 heavy (non-hydrogen) atoms. The van der Waals surface area contributed by atoms with Crippen molar-refractivity contribution >= 4 is 5.82 Å². The van der Waals surface area contributed by atoms with E-state index in [2.05, 4.69) is 15.0 Å². The summed E-state index contributed by atoms with van der Waals surface area (Å²) in [5.74, 6) is 1.15. The monoisotopic (exact) mass is 203 g/mol. The van der Waals surface area contributed by atoms with Crippen LogP contribution in [-0.2, 0) is 0 Å². The van der Waals surface area contributed by atoms with Crippen LogP contribution in [0.5, 0.6) is 0 Å². The van der Waals surface area contributed by atoms with Crippen molar-refractivity contribution in [2.75, 3.05) is 5.73 Å². The van der Waals surface area contributed by atoms with Crippen molar-refractivity contribution in [1.29, 1.82) is 0 Å². The van der Waals surface area contributed by atoms with Crippen LogP contribution < -0.4 is 11.5 Å². The van der Waals surface area contributed by atoms with Crippen LogP contribution in [0.3, 0.4) is 0 Å². The molecule has 2 aromatic heterocycles. The van der Waals surface area contributed by atoms with Gasteiger partial charge in [-0.05, 0) is 18.6 Å². The van der Waals surface area contributed by atoms with Crippen molar-refractivity contribution in [1.82, 2.24) is 15.0 Å². The molecule has 2 heterocycles. The Morgan fingerprint density at radius 2 is 2.13 bits per heavy atom. The average Bonchev–Trinajstić information content (AvgIpc) is 2.69. The summed E-state index contributed by atoms with van der Waals surface area (Å²) in [6.45, 7) is 1.95. The summed E-state index contributed by atoms with van der Waals surface area (Å²) in [5.41, 5.74) is 13.7. The number of rotatable bonds is 2. The predicted molar refractivity (Wildman–Crippen MR) is 58.0 cm³/mol. The Kier molecular flexibility index (Phi) is 2.39. The molecule has 0 bridgehead atoms. The lowest BCUT2D eigenvalue weighted by atomic mass is 10.0. The summed E-state index contributed by atoms with van der Waals surface area (Å²) < 4.78 is 0. The maximum Gasteiger partial charge on any atom is 0.128 e. The van der Waals surface area contributed by atoms with Gasteiger partial charge in [0, 0.05) is 24.2 Å². The second kappa shape index (κ2) is 3.70. The number of H-pyrrole nitrogens is 1. The van der Waals surface area contributed by atoms with Gasteiger partial charge >= 0.3 is 0 Å². The molecule has 5 heteroatoms. The quantitative estimate of drug-likeness (QED) is 0.671. The van der Waals surface area contributed by atoms with Crippen LogP contribution in [0, 0.1) is 6.92 Å². The lowest BCUT2D eigenvalue weighted by molar-refractivity contribution is 0.792. The Bertz CT molecular complexity index is 429. The van der Waals surface area contributed by atoms with Gasteiger partial charge in [0.05, 0.1) is 6.04 Å². The highest BCUT2D eigenvalue weighted by molar-refractivity contribution is 5.47. The molecule has 0 amide bonds. The normalized spacial score (nSPS) is 12.7. The molecule has 0 fully saturated rings. The van der Waals surface area contributed by atoms with E-state index in [0.717, 1.165) is 11.1 Å². The van der Waals surface area contributed by atoms with Gasteiger partial charge in [0.1, 0.15) is 11.6 Å². The molecule has 0 spiro atoms. The third kappa shape index (κ3) is 1.69. The van der Waals surface area contributed by atoms with Gasteiger partial charge in [-0.2, -0.15) is 0 Å². The van der Waals surface area contributed by atoms with Crippen LogP contribution >= 0.6 is 0 Å². The molecule has 0 radical (unpaired) electrons. The zero-order valence-electron chi connectivity index (χ0n) is 8.44. The first-order valence-corrected chi connectivity index (χ1v) is 4.66. The number of nitrogen functional groups attached to an aromatic ring is 1. The number of aromatic amines is 1. The predicted octanol–water partition coefficient (Wildman–Crippen LogP) is 0.743. The maximum absolute atomic E-state index is 6.05. The van der Waals surface area contributed by atoms with Crippen molar-refractivity contribution < 1.29 is 0 Å². The van der Waals surface area contributed by atoms with Crippen LogP contribution in [0.15, 0.2) is 24.7 Å². The largest absolute Gasteiger partial charge is 0.383 e. The summed E-state index contributed by atoms with van der Waals surface area (Å²) >= 11 is 0. The third-order valence-electron chi connectivity index (χ3n) is 2.36. The SMILES string of the molecule is Cc1ccnc(N)c1C(N)c1ncc[nH]1. The Hall–Kier alpha value is -1.88. The van der Waals surface area contributed by atoms with Gasteiger partial charge in [-0.25, -0.2) is 9.97 Å². The van der Waals surface area contributed by atoms with Gasteiger partial charge in [0.2, 0.25) is 0 Å². The van der Waals surface area contributed by atoms with E-state index in [1.165, 1.54) is 0 Å². The third-order valence-corrected chi connectivity index (χ3v) is 2.36. The summed E-state index contributed by atoms with van der Waals surface area (Å²) in [6.07, 6.45) is 5.07. The number of aromatic nitrogens is 3. The summed E-state index contributed by atoms with van der Waals surface area (Å²) in [5, 5.41) is 0. The summed E-state index contributed by atoms with van der Waals surface area (Å²) in [7, 11) is 0. The van der Waals surface area contributed by atoms with Gasteiger partial charge in [-0.15, -0.1) is 0 Å². The number of pyridine rings is 1. The van der Waals surface area contributed by atoms with E-state index in [-0.39, 0.29) is 6.04 Å². The molecule has 0 aliphatic rings. The number of nitrogens with zero attached hydrogens (tertiary/aromatic N) is 2. The number of nitrogens with one attached hydrogen (secondary N) is 1. The minimum Gasteiger partial charge on any atom is -0.383 e. The highest BCUT2D eigenvalue weighted by atomic mass is 14.9. The Morgan fingerprint density at radius 3 is 2.73 bits per heavy atom. The fourth-order valence-corrected chi connectivity index (χ4v) is 1.58. The van der Waals surface area contributed by atoms with Crippen molar-refractivity contribution in [3.05, 3.63) is 41.6 Å². The molecule has 1 unspecified atom stereocenters. The Morgan fingerprint density at radius 1 is 1.33 bits per heavy atom. The van der Waals surface area contributed by atoms with Crippen LogP contribution in [0.25, 0.3) is 0 Å². The minimum atomic E-state index is -0.353. The second-order valence-electron chi connectivity index (χ2n) is 3.38. The fraction of sp³-hybridized carbons (Fsp3) is 0.200. The zero-order chi connectivity index (χ0) is 10.8. The van der Waals surface area contributed by atoms with Gasteiger partial charge < -0.3 is 16.5 Å². The van der Waals surface area contributed by atoms with Crippen molar-refractivity contribution in [3.63, 3.8) is 0 Å². The van der Waals surface area contributed by atoms with Crippen molar-refractivity contribution in [2.45, 2.75) is 13.0 Å². The molecule has 0 aliphatic carbocycles. The highest BCUT2D eigenvalue weighted by Gasteiger charge is 2.16.